The summed E-state index contributed by atoms with van der Waals surface area (Å²) >= 11 is 0. The fraction of sp³-hybridized carbons (Fsp3) is 0.441. The van der Waals surface area contributed by atoms with Crippen molar-refractivity contribution in [2.75, 3.05) is 34.0 Å². The van der Waals surface area contributed by atoms with Crippen LogP contribution in [0.15, 0.2) is 54.6 Å². The molecule has 0 bridgehead atoms. The van der Waals surface area contributed by atoms with Gasteiger partial charge in [-0.1, -0.05) is 37.6 Å². The maximum absolute atomic E-state index is 10.9. The van der Waals surface area contributed by atoms with Gasteiger partial charge in [-0.2, -0.15) is 0 Å². The molecule has 2 unspecified atom stereocenters. The molecule has 7 heteroatoms. The van der Waals surface area contributed by atoms with Crippen molar-refractivity contribution >= 4 is 6.29 Å². The van der Waals surface area contributed by atoms with E-state index in [2.05, 4.69) is 69.4 Å². The van der Waals surface area contributed by atoms with E-state index in [0.29, 0.717) is 32.3 Å². The SMILES string of the molecule is CCCCNC(C)COc1cc(C)c(-c2cccc(COc3ccc4c(c3)OCC4CC=O)c2)c(C)c1.CO.CO. The normalized spacial score (nSPS) is 13.9. The average Bonchev–Trinajstić information content (AvgIpc) is 3.39. The zero-order valence-electron chi connectivity index (χ0n) is 25.4. The number of ether oxygens (including phenoxy) is 3. The summed E-state index contributed by atoms with van der Waals surface area (Å²) in [5.41, 5.74) is 6.98. The number of hydrogen-bond donors (Lipinski definition) is 3. The standard InChI is InChI=1S/C32H39NO4.2CH4O/c1-5-6-13-33-24(4)19-35-29-15-22(2)32(23(3)16-29)26-9-7-8-25(17-26)20-36-28-10-11-30-27(12-14-34)21-37-31(30)18-28;2*1-2/h7-11,14-18,24,27,33H,5-6,12-13,19-21H2,1-4H3;2*2H,1H3. The number of unbranched alkanes of at least 4 members (excludes halogenated alkanes) is 1. The molecule has 0 spiro atoms. The monoisotopic (exact) mass is 565 g/mol. The van der Waals surface area contributed by atoms with E-state index in [0.717, 1.165) is 55.4 Å². The molecule has 0 amide bonds. The summed E-state index contributed by atoms with van der Waals surface area (Å²) in [4.78, 5) is 10.9. The lowest BCUT2D eigenvalue weighted by Gasteiger charge is -2.18. The van der Waals surface area contributed by atoms with Crippen LogP contribution < -0.4 is 19.5 Å². The predicted molar refractivity (Wildman–Crippen MR) is 165 cm³/mol. The first-order chi connectivity index (χ1) is 20.0. The minimum absolute atomic E-state index is 0.146. The van der Waals surface area contributed by atoms with Gasteiger partial charge in [0.1, 0.15) is 36.7 Å². The molecule has 3 N–H and O–H groups in total. The third-order valence-electron chi connectivity index (χ3n) is 6.90. The number of rotatable bonds is 13. The Morgan fingerprint density at radius 1 is 1.00 bits per heavy atom. The first-order valence-corrected chi connectivity index (χ1v) is 14.3. The van der Waals surface area contributed by atoms with Gasteiger partial charge in [0.2, 0.25) is 0 Å². The molecule has 7 nitrogen and oxygen atoms in total. The molecule has 3 aromatic rings. The maximum Gasteiger partial charge on any atom is 0.126 e. The highest BCUT2D eigenvalue weighted by Crippen LogP contribution is 2.38. The Morgan fingerprint density at radius 3 is 2.41 bits per heavy atom. The largest absolute Gasteiger partial charge is 0.492 e. The van der Waals surface area contributed by atoms with Crippen LogP contribution in [0.2, 0.25) is 0 Å². The van der Waals surface area contributed by atoms with Crippen molar-refractivity contribution in [1.29, 1.82) is 0 Å². The Labute approximate surface area is 245 Å². The van der Waals surface area contributed by atoms with Crippen LogP contribution in [0, 0.1) is 13.8 Å². The van der Waals surface area contributed by atoms with Gasteiger partial charge in [-0.25, -0.2) is 0 Å². The molecule has 0 aliphatic carbocycles. The molecule has 224 valence electrons. The van der Waals surface area contributed by atoms with Gasteiger partial charge in [0, 0.05) is 44.2 Å². The Morgan fingerprint density at radius 2 is 1.73 bits per heavy atom. The molecule has 2 atom stereocenters. The first kappa shape index (κ1) is 33.8. The van der Waals surface area contributed by atoms with Crippen molar-refractivity contribution in [1.82, 2.24) is 5.32 Å². The zero-order valence-corrected chi connectivity index (χ0v) is 25.4. The van der Waals surface area contributed by atoms with Gasteiger partial charge in [0.25, 0.3) is 0 Å². The predicted octanol–water partition coefficient (Wildman–Crippen LogP) is 5.99. The summed E-state index contributed by atoms with van der Waals surface area (Å²) in [5.74, 6) is 2.64. The number of carbonyl (C=O) groups is 1. The fourth-order valence-corrected chi connectivity index (χ4v) is 4.91. The molecule has 0 saturated heterocycles. The number of aldehydes is 1. The lowest BCUT2D eigenvalue weighted by atomic mass is 9.94. The molecule has 1 aliphatic rings. The van der Waals surface area contributed by atoms with Crippen LogP contribution in [0.5, 0.6) is 17.2 Å². The number of fused-ring (bicyclic) bond motifs is 1. The quantitative estimate of drug-likeness (QED) is 0.173. The van der Waals surface area contributed by atoms with E-state index in [-0.39, 0.29) is 5.92 Å². The Bertz CT molecular complexity index is 1190. The van der Waals surface area contributed by atoms with E-state index >= 15 is 0 Å². The van der Waals surface area contributed by atoms with Gasteiger partial charge in [-0.05, 0) is 85.8 Å². The number of carbonyl (C=O) groups excluding carboxylic acids is 1. The zero-order chi connectivity index (χ0) is 30.2. The van der Waals surface area contributed by atoms with Crippen LogP contribution in [0.3, 0.4) is 0 Å². The molecule has 0 radical (unpaired) electrons. The van der Waals surface area contributed by atoms with Gasteiger partial charge in [0.05, 0.1) is 6.61 Å². The molecule has 1 heterocycles. The van der Waals surface area contributed by atoms with E-state index in [1.807, 2.05) is 18.2 Å². The lowest BCUT2D eigenvalue weighted by Crippen LogP contribution is -2.32. The van der Waals surface area contributed by atoms with Crippen molar-refractivity contribution < 1.29 is 29.2 Å². The van der Waals surface area contributed by atoms with E-state index in [9.17, 15) is 4.79 Å². The van der Waals surface area contributed by atoms with E-state index in [1.54, 1.807) is 0 Å². The minimum Gasteiger partial charge on any atom is -0.492 e. The van der Waals surface area contributed by atoms with E-state index in [4.69, 9.17) is 24.4 Å². The number of nitrogens with one attached hydrogen (secondary N) is 1. The third-order valence-corrected chi connectivity index (χ3v) is 6.90. The summed E-state index contributed by atoms with van der Waals surface area (Å²) in [5, 5.41) is 17.5. The molecule has 0 aromatic heterocycles. The van der Waals surface area contributed by atoms with Gasteiger partial charge in [-0.3, -0.25) is 0 Å². The molecule has 3 aromatic carbocycles. The van der Waals surface area contributed by atoms with Crippen LogP contribution in [-0.2, 0) is 11.4 Å². The van der Waals surface area contributed by atoms with E-state index < -0.39 is 0 Å². The Hall–Kier alpha value is -3.39. The fourth-order valence-electron chi connectivity index (χ4n) is 4.91. The third kappa shape index (κ3) is 9.88. The van der Waals surface area contributed by atoms with Crippen molar-refractivity contribution in [3.05, 3.63) is 76.9 Å². The van der Waals surface area contributed by atoms with Crippen molar-refractivity contribution in [2.45, 2.75) is 65.5 Å². The highest BCUT2D eigenvalue weighted by Gasteiger charge is 2.24. The maximum atomic E-state index is 10.9. The lowest BCUT2D eigenvalue weighted by molar-refractivity contribution is -0.108. The smallest absolute Gasteiger partial charge is 0.126 e. The summed E-state index contributed by atoms with van der Waals surface area (Å²) in [6, 6.07) is 19.0. The second-order valence-electron chi connectivity index (χ2n) is 10.1. The molecule has 4 rings (SSSR count). The molecule has 1 aliphatic heterocycles. The highest BCUT2D eigenvalue weighted by atomic mass is 16.5. The van der Waals surface area contributed by atoms with Crippen LogP contribution in [0.25, 0.3) is 11.1 Å². The average molecular weight is 566 g/mol. The summed E-state index contributed by atoms with van der Waals surface area (Å²) in [6.45, 7) is 11.4. The van der Waals surface area contributed by atoms with Crippen molar-refractivity contribution in [3.8, 4) is 28.4 Å². The van der Waals surface area contributed by atoms with Gasteiger partial charge in [0.15, 0.2) is 0 Å². The van der Waals surface area contributed by atoms with Crippen LogP contribution in [-0.4, -0.2) is 56.5 Å². The number of benzene rings is 3. The van der Waals surface area contributed by atoms with Crippen LogP contribution in [0.4, 0.5) is 0 Å². The van der Waals surface area contributed by atoms with Gasteiger partial charge in [-0.15, -0.1) is 0 Å². The number of aliphatic hydroxyl groups excluding tert-OH is 2. The molecule has 41 heavy (non-hydrogen) atoms. The molecule has 0 fully saturated rings. The van der Waals surface area contributed by atoms with E-state index in [1.165, 1.54) is 35.1 Å². The molecule has 0 saturated carbocycles. The second kappa shape index (κ2) is 18.1. The summed E-state index contributed by atoms with van der Waals surface area (Å²) < 4.78 is 18.0. The number of hydrogen-bond acceptors (Lipinski definition) is 7. The van der Waals surface area contributed by atoms with Gasteiger partial charge < -0.3 is 34.5 Å². The Balaban J connectivity index is 0.00000141. The first-order valence-electron chi connectivity index (χ1n) is 14.3. The summed E-state index contributed by atoms with van der Waals surface area (Å²) in [6.07, 6.45) is 3.83. The highest BCUT2D eigenvalue weighted by molar-refractivity contribution is 5.72. The van der Waals surface area contributed by atoms with Crippen molar-refractivity contribution in [2.24, 2.45) is 0 Å². The Kier molecular flexibility index (Phi) is 14.9. The topological polar surface area (TPSA) is 97.2 Å². The van der Waals surface area contributed by atoms with Gasteiger partial charge >= 0.3 is 0 Å². The number of aryl methyl sites for hydroxylation is 2. The second-order valence-corrected chi connectivity index (χ2v) is 10.1. The summed E-state index contributed by atoms with van der Waals surface area (Å²) in [7, 11) is 2.00. The van der Waals surface area contributed by atoms with Crippen LogP contribution in [0.1, 0.15) is 61.3 Å². The number of aliphatic hydroxyl groups is 2. The molecular formula is C34H47NO6. The minimum atomic E-state index is 0.146. The molecular weight excluding hydrogens is 518 g/mol. The van der Waals surface area contributed by atoms with Crippen molar-refractivity contribution in [3.63, 3.8) is 0 Å². The van der Waals surface area contributed by atoms with Crippen LogP contribution >= 0.6 is 0 Å².